The second-order valence-corrected chi connectivity index (χ2v) is 4.45. The lowest BCUT2D eigenvalue weighted by atomic mass is 10.5. The summed E-state index contributed by atoms with van der Waals surface area (Å²) in [6.45, 7) is 0.351. The largest absolute Gasteiger partial charge is 0.468 e. The summed E-state index contributed by atoms with van der Waals surface area (Å²) >= 11 is 1.55. The maximum absolute atomic E-state index is 5.37. The SMILES string of the molecule is COCc1nc(NN)cc(SCc2ccco2)n1. The quantitative estimate of drug-likeness (QED) is 0.357. The number of thioether (sulfide) groups is 1. The molecule has 0 bridgehead atoms. The van der Waals surface area contributed by atoms with Crippen molar-refractivity contribution in [2.75, 3.05) is 12.5 Å². The van der Waals surface area contributed by atoms with Gasteiger partial charge in [-0.2, -0.15) is 0 Å². The molecule has 0 saturated heterocycles. The van der Waals surface area contributed by atoms with Gasteiger partial charge >= 0.3 is 0 Å². The van der Waals surface area contributed by atoms with E-state index in [4.69, 9.17) is 15.0 Å². The van der Waals surface area contributed by atoms with E-state index in [1.807, 2.05) is 12.1 Å². The van der Waals surface area contributed by atoms with Crippen LogP contribution in [0.2, 0.25) is 0 Å². The number of nitrogens with zero attached hydrogens (tertiary/aromatic N) is 2. The Kier molecular flexibility index (Phi) is 4.57. The number of furan rings is 1. The van der Waals surface area contributed by atoms with Crippen molar-refractivity contribution in [2.45, 2.75) is 17.4 Å². The van der Waals surface area contributed by atoms with Crippen LogP contribution in [0.1, 0.15) is 11.6 Å². The van der Waals surface area contributed by atoms with E-state index < -0.39 is 0 Å². The third kappa shape index (κ3) is 3.46. The molecule has 0 aliphatic heterocycles. The molecule has 0 aliphatic carbocycles. The Bertz CT molecular complexity index is 490. The Morgan fingerprint density at radius 1 is 1.50 bits per heavy atom. The molecule has 2 aromatic heterocycles. The molecule has 0 atom stereocenters. The minimum atomic E-state index is 0.351. The molecule has 2 aromatic rings. The molecule has 7 heteroatoms. The van der Waals surface area contributed by atoms with E-state index in [0.717, 1.165) is 10.8 Å². The van der Waals surface area contributed by atoms with Crippen LogP contribution in [0, 0.1) is 0 Å². The van der Waals surface area contributed by atoms with Gasteiger partial charge in [0.05, 0.1) is 12.0 Å². The zero-order chi connectivity index (χ0) is 12.8. The number of methoxy groups -OCH3 is 1. The average Bonchev–Trinajstić information content (AvgIpc) is 2.89. The first-order valence-corrected chi connectivity index (χ1v) is 6.29. The van der Waals surface area contributed by atoms with E-state index in [-0.39, 0.29) is 0 Å². The average molecular weight is 266 g/mol. The van der Waals surface area contributed by atoms with Gasteiger partial charge in [0.1, 0.15) is 23.2 Å². The molecule has 0 radical (unpaired) electrons. The second kappa shape index (κ2) is 6.39. The fourth-order valence-corrected chi connectivity index (χ4v) is 2.17. The molecule has 0 amide bonds. The number of ether oxygens (including phenoxy) is 1. The lowest BCUT2D eigenvalue weighted by molar-refractivity contribution is 0.177. The van der Waals surface area contributed by atoms with Gasteiger partial charge in [-0.05, 0) is 12.1 Å². The van der Waals surface area contributed by atoms with Gasteiger partial charge in [0.2, 0.25) is 0 Å². The minimum Gasteiger partial charge on any atom is -0.468 e. The van der Waals surface area contributed by atoms with E-state index in [9.17, 15) is 0 Å². The molecule has 0 aromatic carbocycles. The molecule has 0 aliphatic rings. The summed E-state index contributed by atoms with van der Waals surface area (Å²) in [6, 6.07) is 5.57. The first-order chi connectivity index (χ1) is 8.81. The van der Waals surface area contributed by atoms with Crippen molar-refractivity contribution in [1.82, 2.24) is 9.97 Å². The topological polar surface area (TPSA) is 86.2 Å². The molecule has 2 rings (SSSR count). The van der Waals surface area contributed by atoms with Crippen LogP contribution in [-0.2, 0) is 17.1 Å². The molecule has 3 N–H and O–H groups in total. The molecule has 0 unspecified atom stereocenters. The Morgan fingerprint density at radius 3 is 3.06 bits per heavy atom. The van der Waals surface area contributed by atoms with Gasteiger partial charge in [0.15, 0.2) is 5.82 Å². The number of aromatic nitrogens is 2. The number of rotatable bonds is 6. The van der Waals surface area contributed by atoms with Gasteiger partial charge in [0.25, 0.3) is 0 Å². The summed E-state index contributed by atoms with van der Waals surface area (Å²) in [7, 11) is 1.60. The van der Waals surface area contributed by atoms with E-state index in [0.29, 0.717) is 24.0 Å². The standard InChI is InChI=1S/C11H14N4O2S/c1-16-6-10-13-9(15-12)5-11(14-10)18-7-8-3-2-4-17-8/h2-5H,6-7,12H2,1H3,(H,13,14,15). The Morgan fingerprint density at radius 2 is 2.39 bits per heavy atom. The van der Waals surface area contributed by atoms with Crippen molar-refractivity contribution in [3.05, 3.63) is 36.0 Å². The lowest BCUT2D eigenvalue weighted by Crippen LogP contribution is -2.11. The van der Waals surface area contributed by atoms with Gasteiger partial charge in [0, 0.05) is 13.2 Å². The maximum atomic E-state index is 5.37. The van der Waals surface area contributed by atoms with E-state index in [1.54, 1.807) is 31.2 Å². The third-order valence-electron chi connectivity index (χ3n) is 2.11. The number of hydrogen-bond acceptors (Lipinski definition) is 7. The van der Waals surface area contributed by atoms with Crippen molar-refractivity contribution in [3.8, 4) is 0 Å². The summed E-state index contributed by atoms with van der Waals surface area (Å²) in [5.74, 6) is 8.13. The summed E-state index contributed by atoms with van der Waals surface area (Å²) in [6.07, 6.45) is 1.65. The van der Waals surface area contributed by atoms with Gasteiger partial charge in [-0.1, -0.05) is 11.8 Å². The lowest BCUT2D eigenvalue weighted by Gasteiger charge is -2.06. The van der Waals surface area contributed by atoms with Crippen LogP contribution in [0.4, 0.5) is 5.82 Å². The monoisotopic (exact) mass is 266 g/mol. The van der Waals surface area contributed by atoms with Crippen molar-refractivity contribution < 1.29 is 9.15 Å². The smallest absolute Gasteiger partial charge is 0.157 e. The van der Waals surface area contributed by atoms with Crippen LogP contribution >= 0.6 is 11.8 Å². The number of nitrogen functional groups attached to an aromatic ring is 1. The van der Waals surface area contributed by atoms with Gasteiger partial charge in [-0.15, -0.1) is 0 Å². The zero-order valence-corrected chi connectivity index (χ0v) is 10.7. The summed E-state index contributed by atoms with van der Waals surface area (Å²) in [4.78, 5) is 8.54. The van der Waals surface area contributed by atoms with Crippen molar-refractivity contribution in [2.24, 2.45) is 5.84 Å². The highest BCUT2D eigenvalue weighted by Gasteiger charge is 2.06. The highest BCUT2D eigenvalue weighted by molar-refractivity contribution is 7.98. The molecular formula is C11H14N4O2S. The summed E-state index contributed by atoms with van der Waals surface area (Å²) in [5, 5.41) is 0.821. The minimum absolute atomic E-state index is 0.351. The number of hydrogen-bond donors (Lipinski definition) is 2. The van der Waals surface area contributed by atoms with Crippen LogP contribution in [-0.4, -0.2) is 17.1 Å². The first-order valence-electron chi connectivity index (χ1n) is 5.30. The Labute approximate surface area is 109 Å². The number of nitrogens with one attached hydrogen (secondary N) is 1. The summed E-state index contributed by atoms with van der Waals surface area (Å²) in [5.41, 5.74) is 2.52. The maximum Gasteiger partial charge on any atom is 0.157 e. The highest BCUT2D eigenvalue weighted by Crippen LogP contribution is 2.23. The molecule has 6 nitrogen and oxygen atoms in total. The number of hydrazine groups is 1. The van der Waals surface area contributed by atoms with Gasteiger partial charge < -0.3 is 14.6 Å². The van der Waals surface area contributed by atoms with Crippen LogP contribution in [0.5, 0.6) is 0 Å². The Balaban J connectivity index is 2.08. The van der Waals surface area contributed by atoms with E-state index in [1.165, 1.54) is 0 Å². The van der Waals surface area contributed by atoms with Crippen LogP contribution < -0.4 is 11.3 Å². The third-order valence-corrected chi connectivity index (χ3v) is 3.05. The highest BCUT2D eigenvalue weighted by atomic mass is 32.2. The predicted molar refractivity (Wildman–Crippen MR) is 68.8 cm³/mol. The van der Waals surface area contributed by atoms with E-state index in [2.05, 4.69) is 15.4 Å². The van der Waals surface area contributed by atoms with Gasteiger partial charge in [-0.3, -0.25) is 0 Å². The molecule has 0 saturated carbocycles. The molecule has 2 heterocycles. The van der Waals surface area contributed by atoms with Crippen LogP contribution in [0.15, 0.2) is 33.9 Å². The Hall–Kier alpha value is -1.57. The molecule has 18 heavy (non-hydrogen) atoms. The van der Waals surface area contributed by atoms with Crippen molar-refractivity contribution >= 4 is 17.6 Å². The second-order valence-electron chi connectivity index (χ2n) is 3.45. The zero-order valence-electron chi connectivity index (χ0n) is 9.92. The number of nitrogens with two attached hydrogens (primary N) is 1. The molecule has 96 valence electrons. The van der Waals surface area contributed by atoms with Crippen LogP contribution in [0.3, 0.4) is 0 Å². The van der Waals surface area contributed by atoms with Crippen LogP contribution in [0.25, 0.3) is 0 Å². The van der Waals surface area contributed by atoms with Crippen molar-refractivity contribution in [1.29, 1.82) is 0 Å². The predicted octanol–water partition coefficient (Wildman–Crippen LogP) is 1.79. The number of anilines is 1. The molecule has 0 spiro atoms. The summed E-state index contributed by atoms with van der Waals surface area (Å²) < 4.78 is 10.3. The van der Waals surface area contributed by atoms with E-state index >= 15 is 0 Å². The fourth-order valence-electron chi connectivity index (χ4n) is 1.35. The van der Waals surface area contributed by atoms with Crippen molar-refractivity contribution in [3.63, 3.8) is 0 Å². The normalized spacial score (nSPS) is 10.6. The fraction of sp³-hybridized carbons (Fsp3) is 0.273. The first kappa shape index (κ1) is 12.9. The molecule has 0 fully saturated rings. The van der Waals surface area contributed by atoms with Gasteiger partial charge in [-0.25, -0.2) is 15.8 Å². The molecular weight excluding hydrogens is 252 g/mol.